The van der Waals surface area contributed by atoms with Crippen LogP contribution in [0, 0.1) is 0 Å². The van der Waals surface area contributed by atoms with Crippen LogP contribution in [0.3, 0.4) is 0 Å². The van der Waals surface area contributed by atoms with Gasteiger partial charge < -0.3 is 23.8 Å². The van der Waals surface area contributed by atoms with Crippen molar-refractivity contribution < 1.29 is 28.5 Å². The zero-order valence-electron chi connectivity index (χ0n) is 19.4. The summed E-state index contributed by atoms with van der Waals surface area (Å²) in [5.41, 5.74) is 3.12. The molecule has 0 saturated carbocycles. The molecule has 3 aromatic rings. The molecule has 0 atom stereocenters. The highest BCUT2D eigenvalue weighted by atomic mass is 16.5. The topological polar surface area (TPSA) is 98.7 Å². The number of carbonyl (C=O) groups is 2. The predicted molar refractivity (Wildman–Crippen MR) is 131 cm³/mol. The number of hydrogen-bond donors (Lipinski definition) is 1. The number of fused-ring (bicyclic) bond motifs is 1. The van der Waals surface area contributed by atoms with E-state index >= 15 is 0 Å². The SMILES string of the molecule is COc1cc(/C=N/NC(=O)COc2ccc3ccccc3c2)ccc1OCC(=O)N1CCOCC1. The summed E-state index contributed by atoms with van der Waals surface area (Å²) < 4.78 is 21.8. The lowest BCUT2D eigenvalue weighted by atomic mass is 10.1. The number of hydrogen-bond acceptors (Lipinski definition) is 7. The average Bonchev–Trinajstić information content (AvgIpc) is 2.91. The lowest BCUT2D eigenvalue weighted by Gasteiger charge is -2.26. The number of carbonyl (C=O) groups excluding carboxylic acids is 2. The van der Waals surface area contributed by atoms with Gasteiger partial charge in [0.1, 0.15) is 5.75 Å². The lowest BCUT2D eigenvalue weighted by Crippen LogP contribution is -2.43. The normalized spacial score (nSPS) is 13.6. The van der Waals surface area contributed by atoms with Gasteiger partial charge in [-0.3, -0.25) is 9.59 Å². The van der Waals surface area contributed by atoms with Crippen LogP contribution in [0.1, 0.15) is 5.56 Å². The molecule has 1 N–H and O–H groups in total. The summed E-state index contributed by atoms with van der Waals surface area (Å²) >= 11 is 0. The van der Waals surface area contributed by atoms with E-state index in [4.69, 9.17) is 18.9 Å². The van der Waals surface area contributed by atoms with Gasteiger partial charge in [-0.15, -0.1) is 0 Å². The average molecular weight is 478 g/mol. The second kappa shape index (κ2) is 11.8. The van der Waals surface area contributed by atoms with E-state index in [-0.39, 0.29) is 25.0 Å². The highest BCUT2D eigenvalue weighted by Gasteiger charge is 2.18. The first kappa shape index (κ1) is 24.0. The predicted octanol–water partition coefficient (Wildman–Crippen LogP) is 2.62. The summed E-state index contributed by atoms with van der Waals surface area (Å²) in [7, 11) is 1.51. The van der Waals surface area contributed by atoms with Crippen molar-refractivity contribution in [3.05, 3.63) is 66.2 Å². The Morgan fingerprint density at radius 2 is 1.77 bits per heavy atom. The minimum Gasteiger partial charge on any atom is -0.493 e. The Morgan fingerprint density at radius 1 is 0.971 bits per heavy atom. The van der Waals surface area contributed by atoms with Crippen molar-refractivity contribution in [2.45, 2.75) is 0 Å². The lowest BCUT2D eigenvalue weighted by molar-refractivity contribution is -0.137. The first-order valence-corrected chi connectivity index (χ1v) is 11.2. The van der Waals surface area contributed by atoms with Crippen LogP contribution >= 0.6 is 0 Å². The maximum absolute atomic E-state index is 12.3. The highest BCUT2D eigenvalue weighted by Crippen LogP contribution is 2.27. The van der Waals surface area contributed by atoms with Crippen molar-refractivity contribution >= 4 is 28.8 Å². The van der Waals surface area contributed by atoms with E-state index < -0.39 is 0 Å². The number of rotatable bonds is 9. The molecule has 3 aromatic carbocycles. The number of nitrogens with one attached hydrogen (secondary N) is 1. The van der Waals surface area contributed by atoms with Crippen LogP contribution in [0.4, 0.5) is 0 Å². The van der Waals surface area contributed by atoms with E-state index in [0.29, 0.717) is 49.1 Å². The van der Waals surface area contributed by atoms with Crippen LogP contribution in [0.2, 0.25) is 0 Å². The first-order valence-electron chi connectivity index (χ1n) is 11.2. The summed E-state index contributed by atoms with van der Waals surface area (Å²) in [5.74, 6) is 1.02. The Kier molecular flexibility index (Phi) is 8.13. The Bertz CT molecular complexity index is 1210. The molecule has 0 radical (unpaired) electrons. The molecule has 0 unspecified atom stereocenters. The van der Waals surface area contributed by atoms with Crippen LogP contribution in [-0.2, 0) is 14.3 Å². The molecule has 9 nitrogen and oxygen atoms in total. The number of methoxy groups -OCH3 is 1. The maximum atomic E-state index is 12.3. The molecule has 1 aliphatic rings. The summed E-state index contributed by atoms with van der Waals surface area (Å²) in [4.78, 5) is 26.1. The summed E-state index contributed by atoms with van der Waals surface area (Å²) in [5, 5.41) is 6.11. The zero-order chi connectivity index (χ0) is 24.5. The molecule has 1 aliphatic heterocycles. The number of morpholine rings is 1. The van der Waals surface area contributed by atoms with Gasteiger partial charge in [0.15, 0.2) is 24.7 Å². The van der Waals surface area contributed by atoms with Crippen LogP contribution in [0.5, 0.6) is 17.2 Å². The van der Waals surface area contributed by atoms with Crippen molar-refractivity contribution in [1.29, 1.82) is 0 Å². The van der Waals surface area contributed by atoms with E-state index in [9.17, 15) is 9.59 Å². The van der Waals surface area contributed by atoms with Gasteiger partial charge in [0, 0.05) is 13.1 Å². The third-order valence-electron chi connectivity index (χ3n) is 5.40. The number of benzene rings is 3. The van der Waals surface area contributed by atoms with Crippen LogP contribution in [0.25, 0.3) is 10.8 Å². The molecule has 9 heteroatoms. The van der Waals surface area contributed by atoms with E-state index in [1.165, 1.54) is 13.3 Å². The van der Waals surface area contributed by atoms with Gasteiger partial charge >= 0.3 is 0 Å². The fourth-order valence-electron chi connectivity index (χ4n) is 3.54. The summed E-state index contributed by atoms with van der Waals surface area (Å²) in [6.07, 6.45) is 1.49. The second-order valence-electron chi connectivity index (χ2n) is 7.78. The van der Waals surface area contributed by atoms with Crippen molar-refractivity contribution in [1.82, 2.24) is 10.3 Å². The van der Waals surface area contributed by atoms with Gasteiger partial charge in [-0.05, 0) is 46.7 Å². The molecule has 1 heterocycles. The van der Waals surface area contributed by atoms with Gasteiger partial charge in [-0.1, -0.05) is 30.3 Å². The van der Waals surface area contributed by atoms with Gasteiger partial charge in [-0.2, -0.15) is 5.10 Å². The minimum atomic E-state index is -0.386. The van der Waals surface area contributed by atoms with Gasteiger partial charge in [0.25, 0.3) is 11.8 Å². The van der Waals surface area contributed by atoms with Crippen LogP contribution in [0.15, 0.2) is 65.8 Å². The molecule has 1 saturated heterocycles. The smallest absolute Gasteiger partial charge is 0.277 e. The van der Waals surface area contributed by atoms with Crippen LogP contribution in [-0.4, -0.2) is 69.6 Å². The molecule has 2 amide bonds. The summed E-state index contributed by atoms with van der Waals surface area (Å²) in [6.45, 7) is 1.95. The monoisotopic (exact) mass is 477 g/mol. The Morgan fingerprint density at radius 3 is 2.57 bits per heavy atom. The van der Waals surface area contributed by atoms with Crippen molar-refractivity contribution in [3.8, 4) is 17.2 Å². The molecular weight excluding hydrogens is 450 g/mol. The van der Waals surface area contributed by atoms with Crippen molar-refractivity contribution in [3.63, 3.8) is 0 Å². The Labute approximate surface area is 203 Å². The third-order valence-corrected chi connectivity index (χ3v) is 5.40. The Balaban J connectivity index is 1.26. The van der Waals surface area contributed by atoms with Gasteiger partial charge in [0.2, 0.25) is 0 Å². The fourth-order valence-corrected chi connectivity index (χ4v) is 3.54. The Hall–Kier alpha value is -4.11. The number of amides is 2. The quantitative estimate of drug-likeness (QED) is 0.376. The molecule has 0 aromatic heterocycles. The van der Waals surface area contributed by atoms with E-state index in [2.05, 4.69) is 10.5 Å². The molecule has 0 aliphatic carbocycles. The molecule has 1 fully saturated rings. The van der Waals surface area contributed by atoms with Crippen molar-refractivity contribution in [2.75, 3.05) is 46.6 Å². The summed E-state index contributed by atoms with van der Waals surface area (Å²) in [6, 6.07) is 18.7. The van der Waals surface area contributed by atoms with E-state index in [1.807, 2.05) is 42.5 Å². The maximum Gasteiger partial charge on any atom is 0.277 e. The number of hydrazone groups is 1. The molecule has 4 rings (SSSR count). The minimum absolute atomic E-state index is 0.0862. The largest absolute Gasteiger partial charge is 0.493 e. The highest BCUT2D eigenvalue weighted by molar-refractivity contribution is 5.85. The fraction of sp³-hybridized carbons (Fsp3) is 0.269. The third kappa shape index (κ3) is 6.70. The molecular formula is C26H27N3O6. The van der Waals surface area contributed by atoms with Gasteiger partial charge in [0.05, 0.1) is 26.5 Å². The molecule has 35 heavy (non-hydrogen) atoms. The van der Waals surface area contributed by atoms with Crippen LogP contribution < -0.4 is 19.6 Å². The number of ether oxygens (including phenoxy) is 4. The zero-order valence-corrected chi connectivity index (χ0v) is 19.4. The number of nitrogens with zero attached hydrogens (tertiary/aromatic N) is 2. The van der Waals surface area contributed by atoms with Gasteiger partial charge in [-0.25, -0.2) is 5.43 Å². The molecule has 182 valence electrons. The molecule has 0 bridgehead atoms. The van der Waals surface area contributed by atoms with E-state index in [0.717, 1.165) is 10.8 Å². The van der Waals surface area contributed by atoms with E-state index in [1.54, 1.807) is 23.1 Å². The first-order chi connectivity index (χ1) is 17.1. The van der Waals surface area contributed by atoms with Crippen molar-refractivity contribution in [2.24, 2.45) is 5.10 Å². The second-order valence-corrected chi connectivity index (χ2v) is 7.78. The standard InChI is InChI=1S/C26H27N3O6/c1-32-24-14-19(6-9-23(24)35-18-26(31)29-10-12-33-13-11-29)16-27-28-25(30)17-34-22-8-7-20-4-2-3-5-21(20)15-22/h2-9,14-16H,10-13,17-18H2,1H3,(H,28,30)/b27-16+. The molecule has 0 spiro atoms.